The van der Waals surface area contributed by atoms with Gasteiger partial charge >= 0.3 is 0 Å². The molecule has 1 atom stereocenters. The Labute approximate surface area is 276 Å². The van der Waals surface area contributed by atoms with Crippen LogP contribution in [0.5, 0.6) is 5.75 Å². The molecule has 246 valence electrons. The zero-order valence-electron chi connectivity index (χ0n) is 26.5. The predicted octanol–water partition coefficient (Wildman–Crippen LogP) is 6.76. The third-order valence-electron chi connectivity index (χ3n) is 8.67. The second-order valence-corrected chi connectivity index (χ2v) is 15.7. The fourth-order valence-electron chi connectivity index (χ4n) is 6.26. The number of fused-ring (bicyclic) bond motifs is 1. The van der Waals surface area contributed by atoms with E-state index in [9.17, 15) is 21.6 Å². The van der Waals surface area contributed by atoms with Crippen molar-refractivity contribution in [3.05, 3.63) is 88.1 Å². The van der Waals surface area contributed by atoms with Gasteiger partial charge in [0.25, 0.3) is 15.9 Å². The average Bonchev–Trinajstić information content (AvgIpc) is 3.32. The lowest BCUT2D eigenvalue weighted by molar-refractivity contribution is 0.0982. The molecule has 1 saturated heterocycles. The smallest absolute Gasteiger partial charge is 0.267 e. The van der Waals surface area contributed by atoms with Gasteiger partial charge in [0.05, 0.1) is 22.0 Å². The van der Waals surface area contributed by atoms with Crippen molar-refractivity contribution in [2.45, 2.75) is 82.2 Å². The van der Waals surface area contributed by atoms with E-state index in [-0.39, 0.29) is 21.4 Å². The van der Waals surface area contributed by atoms with E-state index in [0.717, 1.165) is 46.7 Å². The monoisotopic (exact) mass is 685 g/mol. The minimum atomic E-state index is -4.29. The number of aryl methyl sites for hydroxylation is 3. The van der Waals surface area contributed by atoms with Crippen molar-refractivity contribution >= 4 is 48.5 Å². The molecule has 0 radical (unpaired) electrons. The van der Waals surface area contributed by atoms with Crippen LogP contribution >= 0.6 is 11.6 Å². The summed E-state index contributed by atoms with van der Waals surface area (Å²) in [6, 6.07) is 16.1. The van der Waals surface area contributed by atoms with E-state index < -0.39 is 26.0 Å². The summed E-state index contributed by atoms with van der Waals surface area (Å²) < 4.78 is 65.0. The van der Waals surface area contributed by atoms with Gasteiger partial charge < -0.3 is 9.30 Å². The summed E-state index contributed by atoms with van der Waals surface area (Å²) in [6.07, 6.45) is 3.94. The number of carbonyl (C=O) groups excluding carboxylic acids is 1. The Balaban J connectivity index is 1.31. The van der Waals surface area contributed by atoms with Crippen molar-refractivity contribution < 1.29 is 26.4 Å². The third-order valence-corrected chi connectivity index (χ3v) is 12.6. The number of halogens is 1. The Bertz CT molecular complexity index is 1950. The number of carbonyl (C=O) groups is 1. The van der Waals surface area contributed by atoms with Crippen LogP contribution in [-0.2, 0) is 26.6 Å². The van der Waals surface area contributed by atoms with Crippen LogP contribution in [0.4, 0.5) is 0 Å². The van der Waals surface area contributed by atoms with Gasteiger partial charge in [-0.15, -0.1) is 0 Å². The Morgan fingerprint density at radius 1 is 0.957 bits per heavy atom. The summed E-state index contributed by atoms with van der Waals surface area (Å²) in [7, 11) is -8.07. The van der Waals surface area contributed by atoms with Crippen LogP contribution in [0.25, 0.3) is 10.9 Å². The summed E-state index contributed by atoms with van der Waals surface area (Å²) in [5.74, 6) is -0.0207. The summed E-state index contributed by atoms with van der Waals surface area (Å²) in [5.41, 5.74) is 3.58. The minimum absolute atomic E-state index is 0.0300. The number of aromatic nitrogens is 1. The lowest BCUT2D eigenvalue weighted by Gasteiger charge is -2.34. The molecule has 9 nitrogen and oxygen atoms in total. The molecule has 1 aromatic heterocycles. The molecule has 2 heterocycles. The van der Waals surface area contributed by atoms with Gasteiger partial charge in [0, 0.05) is 40.8 Å². The van der Waals surface area contributed by atoms with Gasteiger partial charge in [0.15, 0.2) is 0 Å². The number of hydrogen-bond donors (Lipinski definition) is 1. The van der Waals surface area contributed by atoms with Gasteiger partial charge in [-0.2, -0.15) is 4.31 Å². The van der Waals surface area contributed by atoms with Gasteiger partial charge in [-0.1, -0.05) is 43.1 Å². The number of benzene rings is 3. The molecular formula is C34H40ClN3O6S2. The molecule has 0 spiro atoms. The highest BCUT2D eigenvalue weighted by Gasteiger charge is 2.33. The van der Waals surface area contributed by atoms with Crippen LogP contribution < -0.4 is 9.46 Å². The maximum absolute atomic E-state index is 13.5. The molecule has 1 fully saturated rings. The molecular weight excluding hydrogens is 646 g/mol. The Kier molecular flexibility index (Phi) is 10.2. The van der Waals surface area contributed by atoms with Crippen molar-refractivity contribution in [3.63, 3.8) is 0 Å². The molecule has 4 aromatic rings. The van der Waals surface area contributed by atoms with E-state index >= 15 is 0 Å². The zero-order valence-corrected chi connectivity index (χ0v) is 28.9. The van der Waals surface area contributed by atoms with Gasteiger partial charge in [-0.25, -0.2) is 21.6 Å². The van der Waals surface area contributed by atoms with Crippen molar-refractivity contribution in [1.29, 1.82) is 0 Å². The molecule has 0 saturated carbocycles. The SMILES string of the molecule is CC[C@@H]1CCCCN1S(=O)(=O)c1ccc(S(=O)(=O)NC(=O)c2c(C)n(CCCOc3cc(C)c(Cl)c(C)c3)c3ccccc23)cc1. The van der Waals surface area contributed by atoms with E-state index in [1.54, 1.807) is 19.1 Å². The highest BCUT2D eigenvalue weighted by molar-refractivity contribution is 7.90. The average molecular weight is 686 g/mol. The quantitative estimate of drug-likeness (QED) is 0.175. The zero-order chi connectivity index (χ0) is 33.2. The van der Waals surface area contributed by atoms with Gasteiger partial charge in [-0.3, -0.25) is 4.79 Å². The van der Waals surface area contributed by atoms with Crippen molar-refractivity contribution in [2.24, 2.45) is 0 Å². The molecule has 1 aliphatic heterocycles. The van der Waals surface area contributed by atoms with E-state index in [1.807, 2.05) is 49.6 Å². The second-order valence-electron chi connectivity index (χ2n) is 11.8. The molecule has 46 heavy (non-hydrogen) atoms. The van der Waals surface area contributed by atoms with Crippen molar-refractivity contribution in [2.75, 3.05) is 13.2 Å². The van der Waals surface area contributed by atoms with Gasteiger partial charge in [-0.05, 0) is 100 Å². The topological polar surface area (TPSA) is 115 Å². The third kappa shape index (κ3) is 6.83. The summed E-state index contributed by atoms with van der Waals surface area (Å²) >= 11 is 6.27. The van der Waals surface area contributed by atoms with Crippen molar-refractivity contribution in [1.82, 2.24) is 13.6 Å². The number of sulfonamides is 2. The van der Waals surface area contributed by atoms with Gasteiger partial charge in [0.1, 0.15) is 5.75 Å². The lowest BCUT2D eigenvalue weighted by Crippen LogP contribution is -2.43. The number of amides is 1. The normalized spacial score (nSPS) is 16.1. The first-order valence-electron chi connectivity index (χ1n) is 15.5. The first-order chi connectivity index (χ1) is 21.8. The Morgan fingerprint density at radius 3 is 2.28 bits per heavy atom. The highest BCUT2D eigenvalue weighted by Crippen LogP contribution is 2.30. The van der Waals surface area contributed by atoms with E-state index in [0.29, 0.717) is 43.6 Å². The summed E-state index contributed by atoms with van der Waals surface area (Å²) in [6.45, 7) is 9.05. The first-order valence-corrected chi connectivity index (χ1v) is 18.8. The number of nitrogens with one attached hydrogen (secondary N) is 1. The number of piperidine rings is 1. The number of hydrogen-bond acceptors (Lipinski definition) is 6. The molecule has 3 aromatic carbocycles. The fraction of sp³-hybridized carbons (Fsp3) is 0.382. The maximum atomic E-state index is 13.5. The van der Waals surface area contributed by atoms with E-state index in [2.05, 4.69) is 4.72 Å². The van der Waals surface area contributed by atoms with Crippen LogP contribution in [0.2, 0.25) is 5.02 Å². The predicted molar refractivity (Wildman–Crippen MR) is 181 cm³/mol. The molecule has 12 heteroatoms. The largest absolute Gasteiger partial charge is 0.494 e. The van der Waals surface area contributed by atoms with Crippen LogP contribution in [0.3, 0.4) is 0 Å². The molecule has 5 rings (SSSR count). The van der Waals surface area contributed by atoms with Crippen LogP contribution in [-0.4, -0.2) is 50.8 Å². The maximum Gasteiger partial charge on any atom is 0.267 e. The van der Waals surface area contributed by atoms with Crippen molar-refractivity contribution in [3.8, 4) is 5.75 Å². The fourth-order valence-corrected chi connectivity index (χ4v) is 9.10. The number of nitrogens with zero attached hydrogens (tertiary/aromatic N) is 2. The minimum Gasteiger partial charge on any atom is -0.494 e. The molecule has 1 aliphatic rings. The molecule has 0 bridgehead atoms. The standard InChI is InChI=1S/C34H40ClN3O6S2/c1-5-26-11-8-9-19-38(26)46(42,43)29-16-14-28(15-17-29)45(40,41)36-34(39)32-25(4)37(31-13-7-6-12-30(31)32)18-10-20-44-27-21-23(2)33(35)24(3)22-27/h6-7,12-17,21-22,26H,5,8-11,18-20H2,1-4H3,(H,36,39)/t26-/m1/s1. The van der Waals surface area contributed by atoms with Crippen LogP contribution in [0.15, 0.2) is 70.5 Å². The lowest BCUT2D eigenvalue weighted by atomic mass is 10.0. The number of para-hydroxylation sites is 1. The first kappa shape index (κ1) is 34.0. The number of ether oxygens (including phenoxy) is 1. The Hall–Kier alpha value is -3.38. The van der Waals surface area contributed by atoms with E-state index in [1.165, 1.54) is 28.6 Å². The van der Waals surface area contributed by atoms with Gasteiger partial charge in [0.2, 0.25) is 10.0 Å². The summed E-state index contributed by atoms with van der Waals surface area (Å²) in [5, 5.41) is 1.35. The highest BCUT2D eigenvalue weighted by atomic mass is 35.5. The summed E-state index contributed by atoms with van der Waals surface area (Å²) in [4.78, 5) is 13.4. The van der Waals surface area contributed by atoms with Crippen LogP contribution in [0.1, 0.15) is 66.2 Å². The molecule has 1 amide bonds. The van der Waals surface area contributed by atoms with Crippen LogP contribution in [0, 0.1) is 20.8 Å². The second kappa shape index (κ2) is 13.8. The molecule has 0 aliphatic carbocycles. The molecule has 1 N–H and O–H groups in total. The van der Waals surface area contributed by atoms with E-state index in [4.69, 9.17) is 16.3 Å². The Morgan fingerprint density at radius 2 is 1.61 bits per heavy atom. The number of rotatable bonds is 11. The molecule has 0 unspecified atom stereocenters.